The third-order valence-electron chi connectivity index (χ3n) is 3.34. The summed E-state index contributed by atoms with van der Waals surface area (Å²) in [4.78, 5) is 12.1. The van der Waals surface area contributed by atoms with Crippen LogP contribution in [0, 0.1) is 6.92 Å². The molecule has 5 nitrogen and oxygen atoms in total. The van der Waals surface area contributed by atoms with Crippen LogP contribution in [0.15, 0.2) is 50.4 Å². The van der Waals surface area contributed by atoms with Gasteiger partial charge in [-0.1, -0.05) is 18.2 Å². The number of phenolic OH excluding ortho intramolecular Hbond substituents is 1. The summed E-state index contributed by atoms with van der Waals surface area (Å²) in [6.07, 6.45) is 1.51. The van der Waals surface area contributed by atoms with Gasteiger partial charge in [0, 0.05) is 5.69 Å². The number of halogens is 2. The summed E-state index contributed by atoms with van der Waals surface area (Å²) in [6.45, 7) is 3.75. The van der Waals surface area contributed by atoms with Crippen LogP contribution in [0.1, 0.15) is 18.1 Å². The molecule has 24 heavy (non-hydrogen) atoms. The molecule has 0 saturated carbocycles. The summed E-state index contributed by atoms with van der Waals surface area (Å²) in [6, 6.07) is 10.7. The third-order valence-corrected chi connectivity index (χ3v) is 4.55. The summed E-state index contributed by atoms with van der Waals surface area (Å²) < 4.78 is 1.08. The first-order chi connectivity index (χ1) is 11.4. The normalized spacial score (nSPS) is 12.2. The lowest BCUT2D eigenvalue weighted by atomic mass is 10.2. The molecule has 0 aromatic heterocycles. The standard InChI is InChI=1S/C17H17Br2N3O2/c1-10-5-3-4-6-15(10)21-11(2)17(24)22-20-9-12-7-13(18)16(23)14(19)8-12/h3-9,11,21,23H,1-2H3,(H,22,24). The summed E-state index contributed by atoms with van der Waals surface area (Å²) in [5.41, 5.74) is 5.21. The number of aryl methyl sites for hydroxylation is 1. The molecule has 0 aliphatic heterocycles. The molecular weight excluding hydrogens is 438 g/mol. The Bertz CT molecular complexity index is 755. The van der Waals surface area contributed by atoms with E-state index < -0.39 is 6.04 Å². The number of carbonyl (C=O) groups is 1. The highest BCUT2D eigenvalue weighted by molar-refractivity contribution is 9.11. The maximum absolute atomic E-state index is 12.1. The number of hydrogen-bond acceptors (Lipinski definition) is 4. The number of rotatable bonds is 5. The molecule has 0 saturated heterocycles. The van der Waals surface area contributed by atoms with Gasteiger partial charge in [0.25, 0.3) is 5.91 Å². The number of nitrogens with zero attached hydrogens (tertiary/aromatic N) is 1. The predicted octanol–water partition coefficient (Wildman–Crippen LogP) is 4.18. The molecule has 0 fully saturated rings. The molecule has 2 aromatic rings. The van der Waals surface area contributed by atoms with Crippen LogP contribution < -0.4 is 10.7 Å². The molecule has 1 unspecified atom stereocenters. The van der Waals surface area contributed by atoms with E-state index in [1.54, 1.807) is 19.1 Å². The quantitative estimate of drug-likeness (QED) is 0.468. The Hall–Kier alpha value is -1.86. The van der Waals surface area contributed by atoms with Gasteiger partial charge in [0.15, 0.2) is 0 Å². The van der Waals surface area contributed by atoms with E-state index in [1.807, 2.05) is 31.2 Å². The van der Waals surface area contributed by atoms with Crippen LogP contribution in [0.4, 0.5) is 5.69 Å². The molecule has 3 N–H and O–H groups in total. The second-order valence-corrected chi connectivity index (χ2v) is 6.96. The van der Waals surface area contributed by atoms with Crippen molar-refractivity contribution >= 4 is 49.7 Å². The fourth-order valence-electron chi connectivity index (χ4n) is 1.96. The molecule has 0 aliphatic rings. The minimum absolute atomic E-state index is 0.118. The van der Waals surface area contributed by atoms with Gasteiger partial charge in [-0.05, 0) is 75.0 Å². The minimum Gasteiger partial charge on any atom is -0.506 e. The molecule has 0 aliphatic carbocycles. The number of carbonyl (C=O) groups excluding carboxylic acids is 1. The molecule has 7 heteroatoms. The number of phenols is 1. The van der Waals surface area contributed by atoms with Crippen LogP contribution in [-0.2, 0) is 4.79 Å². The molecule has 2 rings (SSSR count). The van der Waals surface area contributed by atoms with Crippen LogP contribution >= 0.6 is 31.9 Å². The van der Waals surface area contributed by atoms with Crippen LogP contribution in [0.2, 0.25) is 0 Å². The average molecular weight is 455 g/mol. The summed E-state index contributed by atoms with van der Waals surface area (Å²) in [7, 11) is 0. The fourth-order valence-corrected chi connectivity index (χ4v) is 3.18. The van der Waals surface area contributed by atoms with Crippen molar-refractivity contribution < 1.29 is 9.90 Å². The Labute approximate surface area is 157 Å². The van der Waals surface area contributed by atoms with Crippen LogP contribution in [0.5, 0.6) is 5.75 Å². The number of nitrogens with one attached hydrogen (secondary N) is 2. The SMILES string of the molecule is Cc1ccccc1NC(C)C(=O)NN=Cc1cc(Br)c(O)c(Br)c1. The first kappa shape index (κ1) is 18.5. The van der Waals surface area contributed by atoms with Crippen molar-refractivity contribution in [2.45, 2.75) is 19.9 Å². The van der Waals surface area contributed by atoms with Crippen molar-refractivity contribution in [3.8, 4) is 5.75 Å². The molecule has 0 heterocycles. The van der Waals surface area contributed by atoms with E-state index in [1.165, 1.54) is 6.21 Å². The predicted molar refractivity (Wildman–Crippen MR) is 104 cm³/mol. The molecule has 126 valence electrons. The first-order valence-electron chi connectivity index (χ1n) is 7.21. The second kappa shape index (κ2) is 8.30. The molecular formula is C17H17Br2N3O2. The van der Waals surface area contributed by atoms with Crippen molar-refractivity contribution in [1.29, 1.82) is 0 Å². The molecule has 0 radical (unpaired) electrons. The van der Waals surface area contributed by atoms with E-state index in [0.717, 1.165) is 16.8 Å². The van der Waals surface area contributed by atoms with Gasteiger partial charge in [-0.2, -0.15) is 5.10 Å². The van der Waals surface area contributed by atoms with Gasteiger partial charge < -0.3 is 10.4 Å². The van der Waals surface area contributed by atoms with E-state index in [9.17, 15) is 9.90 Å². The highest BCUT2D eigenvalue weighted by Gasteiger charge is 2.12. The Kier molecular flexibility index (Phi) is 6.39. The second-order valence-electron chi connectivity index (χ2n) is 5.25. The lowest BCUT2D eigenvalue weighted by Gasteiger charge is -2.15. The van der Waals surface area contributed by atoms with E-state index >= 15 is 0 Å². The number of aromatic hydroxyl groups is 1. The van der Waals surface area contributed by atoms with E-state index in [4.69, 9.17) is 0 Å². The number of anilines is 1. The first-order valence-corrected chi connectivity index (χ1v) is 8.80. The zero-order valence-electron chi connectivity index (χ0n) is 13.2. The summed E-state index contributed by atoms with van der Waals surface area (Å²) >= 11 is 6.49. The number of para-hydroxylation sites is 1. The van der Waals surface area contributed by atoms with Gasteiger partial charge in [0.05, 0.1) is 15.2 Å². The number of hydrazone groups is 1. The van der Waals surface area contributed by atoms with Crippen molar-refractivity contribution in [2.24, 2.45) is 5.10 Å². The van der Waals surface area contributed by atoms with E-state index in [-0.39, 0.29) is 11.7 Å². The van der Waals surface area contributed by atoms with Crippen molar-refractivity contribution in [3.63, 3.8) is 0 Å². The number of amides is 1. The molecule has 1 atom stereocenters. The van der Waals surface area contributed by atoms with Gasteiger partial charge in [0.2, 0.25) is 0 Å². The third kappa shape index (κ3) is 4.82. The molecule has 1 amide bonds. The van der Waals surface area contributed by atoms with Gasteiger partial charge in [-0.15, -0.1) is 0 Å². The monoisotopic (exact) mass is 453 g/mol. The zero-order chi connectivity index (χ0) is 17.7. The Morgan fingerprint density at radius 2 is 1.88 bits per heavy atom. The van der Waals surface area contributed by atoms with Crippen molar-refractivity contribution in [3.05, 3.63) is 56.5 Å². The van der Waals surface area contributed by atoms with Crippen molar-refractivity contribution in [1.82, 2.24) is 5.43 Å². The maximum Gasteiger partial charge on any atom is 0.262 e. The zero-order valence-corrected chi connectivity index (χ0v) is 16.3. The minimum atomic E-state index is -0.429. The summed E-state index contributed by atoms with van der Waals surface area (Å²) in [5, 5.41) is 16.8. The largest absolute Gasteiger partial charge is 0.506 e. The lowest BCUT2D eigenvalue weighted by molar-refractivity contribution is -0.121. The Morgan fingerprint density at radius 1 is 1.25 bits per heavy atom. The average Bonchev–Trinajstić information content (AvgIpc) is 2.54. The Balaban J connectivity index is 1.96. The van der Waals surface area contributed by atoms with Gasteiger partial charge in [0.1, 0.15) is 11.8 Å². The van der Waals surface area contributed by atoms with Gasteiger partial charge in [-0.3, -0.25) is 4.79 Å². The van der Waals surface area contributed by atoms with Crippen molar-refractivity contribution in [2.75, 3.05) is 5.32 Å². The van der Waals surface area contributed by atoms with Crippen LogP contribution in [0.25, 0.3) is 0 Å². The molecule has 2 aromatic carbocycles. The molecule has 0 bridgehead atoms. The highest BCUT2D eigenvalue weighted by atomic mass is 79.9. The maximum atomic E-state index is 12.1. The number of benzene rings is 2. The van der Waals surface area contributed by atoms with Gasteiger partial charge in [-0.25, -0.2) is 5.43 Å². The Morgan fingerprint density at radius 3 is 2.50 bits per heavy atom. The van der Waals surface area contributed by atoms with Crippen LogP contribution in [-0.4, -0.2) is 23.3 Å². The smallest absolute Gasteiger partial charge is 0.262 e. The van der Waals surface area contributed by atoms with Crippen LogP contribution in [0.3, 0.4) is 0 Å². The number of hydrogen-bond donors (Lipinski definition) is 3. The van der Waals surface area contributed by atoms with E-state index in [2.05, 4.69) is 47.7 Å². The van der Waals surface area contributed by atoms with E-state index in [0.29, 0.717) is 8.95 Å². The molecule has 0 spiro atoms. The highest BCUT2D eigenvalue weighted by Crippen LogP contribution is 2.32. The lowest BCUT2D eigenvalue weighted by Crippen LogP contribution is -2.35. The topological polar surface area (TPSA) is 73.7 Å². The summed E-state index contributed by atoms with van der Waals surface area (Å²) in [5.74, 6) is -0.126. The van der Waals surface area contributed by atoms with Gasteiger partial charge >= 0.3 is 0 Å². The fraction of sp³-hybridized carbons (Fsp3) is 0.176.